The van der Waals surface area contributed by atoms with Crippen molar-refractivity contribution in [1.29, 1.82) is 0 Å². The molecule has 1 unspecified atom stereocenters. The van der Waals surface area contributed by atoms with Crippen LogP contribution < -0.4 is 5.32 Å². The average molecular weight is 276 g/mol. The van der Waals surface area contributed by atoms with Gasteiger partial charge in [0, 0.05) is 18.3 Å². The lowest BCUT2D eigenvalue weighted by Gasteiger charge is -2.16. The monoisotopic (exact) mass is 276 g/mol. The smallest absolute Gasteiger partial charge is 0.240 e. The molecule has 0 saturated heterocycles. The molecule has 108 valence electrons. The number of benzene rings is 1. The van der Waals surface area contributed by atoms with Crippen LogP contribution in [0.2, 0.25) is 0 Å². The maximum atomic E-state index is 12.1. The van der Waals surface area contributed by atoms with Crippen LogP contribution in [0, 0.1) is 6.92 Å². The molecule has 2 aromatic rings. The SMILES string of the molecule is COCC(CO)NC(=O)Cn1c(C)cc2ccccc21. The highest BCUT2D eigenvalue weighted by atomic mass is 16.5. The van der Waals surface area contributed by atoms with Gasteiger partial charge < -0.3 is 19.7 Å². The molecule has 5 heteroatoms. The summed E-state index contributed by atoms with van der Waals surface area (Å²) in [7, 11) is 1.54. The molecular weight excluding hydrogens is 256 g/mol. The Hall–Kier alpha value is -1.85. The van der Waals surface area contributed by atoms with Crippen LogP contribution in [0.5, 0.6) is 0 Å². The zero-order chi connectivity index (χ0) is 14.5. The first-order valence-electron chi connectivity index (χ1n) is 6.59. The van der Waals surface area contributed by atoms with Crippen LogP contribution in [0.1, 0.15) is 5.69 Å². The van der Waals surface area contributed by atoms with E-state index in [0.29, 0.717) is 6.61 Å². The Morgan fingerprint density at radius 1 is 1.45 bits per heavy atom. The molecule has 1 aromatic heterocycles. The lowest BCUT2D eigenvalue weighted by Crippen LogP contribution is -2.42. The molecule has 0 radical (unpaired) electrons. The van der Waals surface area contributed by atoms with Crippen LogP contribution in [0.4, 0.5) is 0 Å². The van der Waals surface area contributed by atoms with E-state index in [2.05, 4.69) is 11.4 Å². The number of aryl methyl sites for hydroxylation is 1. The minimum absolute atomic E-state index is 0.134. The van der Waals surface area contributed by atoms with Crippen molar-refractivity contribution >= 4 is 16.8 Å². The predicted molar refractivity (Wildman–Crippen MR) is 77.6 cm³/mol. The molecule has 0 fully saturated rings. The fourth-order valence-electron chi connectivity index (χ4n) is 2.32. The van der Waals surface area contributed by atoms with E-state index in [4.69, 9.17) is 9.84 Å². The topological polar surface area (TPSA) is 63.5 Å². The van der Waals surface area contributed by atoms with Crippen molar-refractivity contribution in [2.75, 3.05) is 20.3 Å². The molecule has 1 heterocycles. The first kappa shape index (κ1) is 14.6. The van der Waals surface area contributed by atoms with Crippen molar-refractivity contribution in [1.82, 2.24) is 9.88 Å². The molecule has 0 aliphatic heterocycles. The third-order valence-corrected chi connectivity index (χ3v) is 3.27. The van der Waals surface area contributed by atoms with Gasteiger partial charge in [-0.05, 0) is 24.4 Å². The highest BCUT2D eigenvalue weighted by Gasteiger charge is 2.13. The summed E-state index contributed by atoms with van der Waals surface area (Å²) in [5, 5.41) is 13.0. The van der Waals surface area contributed by atoms with Gasteiger partial charge in [0.15, 0.2) is 0 Å². The fraction of sp³-hybridized carbons (Fsp3) is 0.400. The summed E-state index contributed by atoms with van der Waals surface area (Å²) in [4.78, 5) is 12.1. The number of aromatic nitrogens is 1. The van der Waals surface area contributed by atoms with Gasteiger partial charge in [0.2, 0.25) is 5.91 Å². The summed E-state index contributed by atoms with van der Waals surface area (Å²) >= 11 is 0. The van der Waals surface area contributed by atoms with E-state index in [9.17, 15) is 4.79 Å². The number of nitrogens with one attached hydrogen (secondary N) is 1. The number of amides is 1. The van der Waals surface area contributed by atoms with Crippen LogP contribution >= 0.6 is 0 Å². The van der Waals surface area contributed by atoms with Crippen molar-refractivity contribution in [3.63, 3.8) is 0 Å². The third-order valence-electron chi connectivity index (χ3n) is 3.27. The maximum absolute atomic E-state index is 12.1. The lowest BCUT2D eigenvalue weighted by atomic mass is 10.2. The quantitative estimate of drug-likeness (QED) is 0.829. The summed E-state index contributed by atoms with van der Waals surface area (Å²) in [6.45, 7) is 2.38. The fourth-order valence-corrected chi connectivity index (χ4v) is 2.32. The molecule has 1 atom stereocenters. The van der Waals surface area contributed by atoms with E-state index in [1.54, 1.807) is 7.11 Å². The predicted octanol–water partition coefficient (Wildman–Crippen LogP) is 1.07. The molecule has 1 aromatic carbocycles. The standard InChI is InChI=1S/C15H20N2O3/c1-11-7-12-5-3-4-6-14(12)17(11)8-15(19)16-13(9-18)10-20-2/h3-7,13,18H,8-10H2,1-2H3,(H,16,19). The van der Waals surface area contributed by atoms with Crippen molar-refractivity contribution in [3.8, 4) is 0 Å². The van der Waals surface area contributed by atoms with Gasteiger partial charge >= 0.3 is 0 Å². The number of carbonyl (C=O) groups excluding carboxylic acids is 1. The number of methoxy groups -OCH3 is 1. The third kappa shape index (κ3) is 3.18. The lowest BCUT2D eigenvalue weighted by molar-refractivity contribution is -0.123. The molecule has 0 aliphatic rings. The Balaban J connectivity index is 2.11. The number of hydrogen-bond acceptors (Lipinski definition) is 3. The summed E-state index contributed by atoms with van der Waals surface area (Å²) in [6, 6.07) is 9.65. The molecule has 2 rings (SSSR count). The number of ether oxygens (including phenoxy) is 1. The van der Waals surface area contributed by atoms with Gasteiger partial charge in [-0.3, -0.25) is 4.79 Å². The number of aliphatic hydroxyl groups is 1. The summed E-state index contributed by atoms with van der Waals surface area (Å²) in [5.74, 6) is -0.134. The van der Waals surface area contributed by atoms with E-state index in [-0.39, 0.29) is 25.1 Å². The number of carbonyl (C=O) groups is 1. The van der Waals surface area contributed by atoms with Gasteiger partial charge in [-0.1, -0.05) is 18.2 Å². The summed E-state index contributed by atoms with van der Waals surface area (Å²) in [6.07, 6.45) is 0. The van der Waals surface area contributed by atoms with Crippen molar-refractivity contribution < 1.29 is 14.6 Å². The molecule has 0 aliphatic carbocycles. The van der Waals surface area contributed by atoms with E-state index < -0.39 is 0 Å². The number of aliphatic hydroxyl groups excluding tert-OH is 1. The second-order valence-electron chi connectivity index (χ2n) is 4.83. The number of para-hydroxylation sites is 1. The molecule has 1 amide bonds. The molecule has 20 heavy (non-hydrogen) atoms. The van der Waals surface area contributed by atoms with Crippen LogP contribution in [0.3, 0.4) is 0 Å². The molecule has 0 bridgehead atoms. The zero-order valence-electron chi connectivity index (χ0n) is 11.8. The Kier molecular flexibility index (Phi) is 4.76. The minimum Gasteiger partial charge on any atom is -0.394 e. The van der Waals surface area contributed by atoms with Crippen LogP contribution in [-0.4, -0.2) is 41.9 Å². The Morgan fingerprint density at radius 2 is 2.20 bits per heavy atom. The van der Waals surface area contributed by atoms with Gasteiger partial charge in [0.05, 0.1) is 19.3 Å². The van der Waals surface area contributed by atoms with E-state index in [0.717, 1.165) is 16.6 Å². The Bertz CT molecular complexity index is 592. The minimum atomic E-state index is -0.366. The largest absolute Gasteiger partial charge is 0.394 e. The number of rotatable bonds is 6. The van der Waals surface area contributed by atoms with Crippen molar-refractivity contribution in [2.45, 2.75) is 19.5 Å². The second-order valence-corrected chi connectivity index (χ2v) is 4.83. The molecular formula is C15H20N2O3. The highest BCUT2D eigenvalue weighted by molar-refractivity contribution is 5.84. The Morgan fingerprint density at radius 3 is 2.90 bits per heavy atom. The van der Waals surface area contributed by atoms with E-state index >= 15 is 0 Å². The molecule has 2 N–H and O–H groups in total. The molecule has 0 saturated carbocycles. The first-order chi connectivity index (χ1) is 9.65. The maximum Gasteiger partial charge on any atom is 0.240 e. The van der Waals surface area contributed by atoms with Gasteiger partial charge in [-0.2, -0.15) is 0 Å². The molecule has 5 nitrogen and oxygen atoms in total. The normalized spacial score (nSPS) is 12.6. The zero-order valence-corrected chi connectivity index (χ0v) is 11.8. The van der Waals surface area contributed by atoms with Crippen LogP contribution in [-0.2, 0) is 16.1 Å². The summed E-state index contributed by atoms with van der Waals surface area (Å²) in [5.41, 5.74) is 2.07. The number of fused-ring (bicyclic) bond motifs is 1. The number of nitrogens with zero attached hydrogens (tertiary/aromatic N) is 1. The van der Waals surface area contributed by atoms with Crippen molar-refractivity contribution in [2.24, 2.45) is 0 Å². The van der Waals surface area contributed by atoms with Gasteiger partial charge in [-0.15, -0.1) is 0 Å². The Labute approximate surface area is 118 Å². The average Bonchev–Trinajstić information content (AvgIpc) is 2.75. The van der Waals surface area contributed by atoms with Crippen molar-refractivity contribution in [3.05, 3.63) is 36.0 Å². The van der Waals surface area contributed by atoms with Gasteiger partial charge in [0.25, 0.3) is 0 Å². The van der Waals surface area contributed by atoms with E-state index in [1.165, 1.54) is 0 Å². The number of hydrogen-bond donors (Lipinski definition) is 2. The summed E-state index contributed by atoms with van der Waals surface area (Å²) < 4.78 is 6.91. The highest BCUT2D eigenvalue weighted by Crippen LogP contribution is 2.18. The van der Waals surface area contributed by atoms with Crippen LogP contribution in [0.25, 0.3) is 10.9 Å². The van der Waals surface area contributed by atoms with Gasteiger partial charge in [0.1, 0.15) is 6.54 Å². The van der Waals surface area contributed by atoms with Gasteiger partial charge in [-0.25, -0.2) is 0 Å². The van der Waals surface area contributed by atoms with E-state index in [1.807, 2.05) is 35.8 Å². The molecule has 0 spiro atoms. The van der Waals surface area contributed by atoms with Crippen LogP contribution in [0.15, 0.2) is 30.3 Å². The first-order valence-corrected chi connectivity index (χ1v) is 6.59. The second kappa shape index (κ2) is 6.54.